The Labute approximate surface area is 177 Å². The Morgan fingerprint density at radius 1 is 1.04 bits per heavy atom. The molecule has 6 nitrogen and oxygen atoms in total. The molecular formula is C19H27Cl2N3O3S. The topological polar surface area (TPSA) is 69.7 Å². The van der Waals surface area contributed by atoms with Crippen molar-refractivity contribution in [3.8, 4) is 0 Å². The highest BCUT2D eigenvalue weighted by Gasteiger charge is 2.31. The van der Waals surface area contributed by atoms with E-state index in [4.69, 9.17) is 23.2 Å². The van der Waals surface area contributed by atoms with Gasteiger partial charge in [0.05, 0.1) is 11.6 Å². The third-order valence-corrected chi connectivity index (χ3v) is 8.05. The Hall–Kier alpha value is -0.860. The van der Waals surface area contributed by atoms with E-state index in [-0.39, 0.29) is 21.9 Å². The van der Waals surface area contributed by atoms with Gasteiger partial charge in [-0.1, -0.05) is 48.9 Å². The van der Waals surface area contributed by atoms with Crippen molar-refractivity contribution in [1.82, 2.24) is 14.5 Å². The number of piperazine rings is 1. The van der Waals surface area contributed by atoms with Gasteiger partial charge in [-0.3, -0.25) is 9.69 Å². The van der Waals surface area contributed by atoms with Crippen LogP contribution in [0.25, 0.3) is 0 Å². The summed E-state index contributed by atoms with van der Waals surface area (Å²) >= 11 is 12.0. The van der Waals surface area contributed by atoms with Crippen LogP contribution < -0.4 is 5.32 Å². The fraction of sp³-hybridized carbons (Fsp3) is 0.632. The molecule has 0 unspecified atom stereocenters. The number of sulfonamides is 1. The SMILES string of the molecule is O=C(CN1CCN(S(=O)(=O)c2cc(Cl)ccc2Cl)CC1)NC1CCCCCC1. The van der Waals surface area contributed by atoms with E-state index in [1.165, 1.54) is 42.1 Å². The summed E-state index contributed by atoms with van der Waals surface area (Å²) in [6.07, 6.45) is 6.95. The van der Waals surface area contributed by atoms with Crippen LogP contribution in [0.3, 0.4) is 0 Å². The predicted octanol–water partition coefficient (Wildman–Crippen LogP) is 3.14. The largest absolute Gasteiger partial charge is 0.352 e. The van der Waals surface area contributed by atoms with Crippen LogP contribution in [0.5, 0.6) is 0 Å². The van der Waals surface area contributed by atoms with Gasteiger partial charge in [-0.15, -0.1) is 0 Å². The van der Waals surface area contributed by atoms with Crippen LogP contribution in [0.15, 0.2) is 23.1 Å². The van der Waals surface area contributed by atoms with Gasteiger partial charge in [-0.25, -0.2) is 8.42 Å². The maximum absolute atomic E-state index is 12.9. The van der Waals surface area contributed by atoms with E-state index in [1.54, 1.807) is 6.07 Å². The molecule has 2 fully saturated rings. The van der Waals surface area contributed by atoms with Gasteiger partial charge >= 0.3 is 0 Å². The van der Waals surface area contributed by atoms with Crippen LogP contribution >= 0.6 is 23.2 Å². The standard InChI is InChI=1S/C19H27Cl2N3O3S/c20-15-7-8-17(21)18(13-15)28(26,27)24-11-9-23(10-12-24)14-19(25)22-16-5-3-1-2-4-6-16/h7-8,13,16H,1-6,9-12,14H2,(H,22,25). The summed E-state index contributed by atoms with van der Waals surface area (Å²) in [6, 6.07) is 4.71. The summed E-state index contributed by atoms with van der Waals surface area (Å²) in [5, 5.41) is 3.63. The first kappa shape index (κ1) is 21.8. The van der Waals surface area contributed by atoms with Crippen molar-refractivity contribution >= 4 is 39.1 Å². The van der Waals surface area contributed by atoms with Gasteiger partial charge in [0, 0.05) is 37.2 Å². The molecule has 3 rings (SSSR count). The summed E-state index contributed by atoms with van der Waals surface area (Å²) in [7, 11) is -3.70. The summed E-state index contributed by atoms with van der Waals surface area (Å²) < 4.78 is 27.1. The van der Waals surface area contributed by atoms with E-state index in [0.29, 0.717) is 37.7 Å². The molecule has 1 aliphatic heterocycles. The van der Waals surface area contributed by atoms with E-state index < -0.39 is 10.0 Å². The van der Waals surface area contributed by atoms with Crippen LogP contribution in [0.4, 0.5) is 0 Å². The average Bonchev–Trinajstić information content (AvgIpc) is 2.92. The van der Waals surface area contributed by atoms with Crippen LogP contribution in [0, 0.1) is 0 Å². The minimum absolute atomic E-state index is 0.0288. The van der Waals surface area contributed by atoms with Gasteiger partial charge in [0.1, 0.15) is 4.90 Å². The monoisotopic (exact) mass is 447 g/mol. The first-order valence-electron chi connectivity index (χ1n) is 9.83. The van der Waals surface area contributed by atoms with Crippen LogP contribution in [0.2, 0.25) is 10.0 Å². The summed E-state index contributed by atoms with van der Waals surface area (Å²) in [5.74, 6) is 0.0288. The number of nitrogens with one attached hydrogen (secondary N) is 1. The molecule has 1 N–H and O–H groups in total. The lowest BCUT2D eigenvalue weighted by atomic mass is 10.1. The molecule has 0 spiro atoms. The van der Waals surface area contributed by atoms with Gasteiger partial charge in [0.15, 0.2) is 0 Å². The maximum Gasteiger partial charge on any atom is 0.244 e. The Balaban J connectivity index is 1.52. The normalized spacial score (nSPS) is 20.6. The molecule has 1 aromatic rings. The number of halogens is 2. The zero-order valence-electron chi connectivity index (χ0n) is 15.9. The van der Waals surface area contributed by atoms with Gasteiger partial charge in [-0.2, -0.15) is 4.31 Å². The van der Waals surface area contributed by atoms with Crippen molar-refractivity contribution in [2.24, 2.45) is 0 Å². The second-order valence-corrected chi connectivity index (χ2v) is 10.3. The van der Waals surface area contributed by atoms with Gasteiger partial charge in [-0.05, 0) is 31.0 Å². The van der Waals surface area contributed by atoms with Crippen molar-refractivity contribution in [1.29, 1.82) is 0 Å². The molecule has 28 heavy (non-hydrogen) atoms. The van der Waals surface area contributed by atoms with E-state index in [2.05, 4.69) is 5.32 Å². The molecule has 1 amide bonds. The first-order valence-corrected chi connectivity index (χ1v) is 12.0. The Kier molecular flexibility index (Phi) is 7.61. The summed E-state index contributed by atoms with van der Waals surface area (Å²) in [4.78, 5) is 14.4. The Morgan fingerprint density at radius 2 is 1.68 bits per heavy atom. The Morgan fingerprint density at radius 3 is 2.32 bits per heavy atom. The summed E-state index contributed by atoms with van der Waals surface area (Å²) in [6.45, 7) is 1.97. The number of amides is 1. The van der Waals surface area contributed by atoms with E-state index in [0.717, 1.165) is 12.8 Å². The van der Waals surface area contributed by atoms with E-state index in [1.807, 2.05) is 4.90 Å². The minimum Gasteiger partial charge on any atom is -0.352 e. The quantitative estimate of drug-likeness (QED) is 0.703. The molecule has 1 heterocycles. The lowest BCUT2D eigenvalue weighted by Crippen LogP contribution is -2.51. The molecule has 9 heteroatoms. The first-order chi connectivity index (χ1) is 13.4. The molecule has 1 aliphatic carbocycles. The number of hydrogen-bond donors (Lipinski definition) is 1. The van der Waals surface area contributed by atoms with Gasteiger partial charge < -0.3 is 5.32 Å². The highest BCUT2D eigenvalue weighted by molar-refractivity contribution is 7.89. The van der Waals surface area contributed by atoms with Crippen molar-refractivity contribution in [2.75, 3.05) is 32.7 Å². The zero-order chi connectivity index (χ0) is 20.1. The molecule has 0 radical (unpaired) electrons. The van der Waals surface area contributed by atoms with Crippen LogP contribution in [-0.2, 0) is 14.8 Å². The average molecular weight is 448 g/mol. The van der Waals surface area contributed by atoms with Gasteiger partial charge in [0.25, 0.3) is 0 Å². The van der Waals surface area contributed by atoms with E-state index >= 15 is 0 Å². The number of benzene rings is 1. The number of carbonyl (C=O) groups excluding carboxylic acids is 1. The molecule has 2 aliphatic rings. The smallest absolute Gasteiger partial charge is 0.244 e. The minimum atomic E-state index is -3.70. The second kappa shape index (κ2) is 9.76. The molecular weight excluding hydrogens is 421 g/mol. The number of nitrogens with zero attached hydrogens (tertiary/aromatic N) is 2. The number of carbonyl (C=O) groups is 1. The second-order valence-electron chi connectivity index (χ2n) is 7.51. The third-order valence-electron chi connectivity index (χ3n) is 5.43. The van der Waals surface area contributed by atoms with Crippen molar-refractivity contribution in [3.63, 3.8) is 0 Å². The van der Waals surface area contributed by atoms with E-state index in [9.17, 15) is 13.2 Å². The third kappa shape index (κ3) is 5.60. The molecule has 0 atom stereocenters. The molecule has 1 saturated carbocycles. The van der Waals surface area contributed by atoms with Crippen molar-refractivity contribution in [3.05, 3.63) is 28.2 Å². The van der Waals surface area contributed by atoms with Crippen LogP contribution in [0.1, 0.15) is 38.5 Å². The van der Waals surface area contributed by atoms with Crippen molar-refractivity contribution in [2.45, 2.75) is 49.5 Å². The zero-order valence-corrected chi connectivity index (χ0v) is 18.2. The number of rotatable bonds is 5. The number of hydrogen-bond acceptors (Lipinski definition) is 4. The molecule has 1 saturated heterocycles. The van der Waals surface area contributed by atoms with Crippen LogP contribution in [-0.4, -0.2) is 62.3 Å². The molecule has 0 bridgehead atoms. The predicted molar refractivity (Wildman–Crippen MR) is 111 cm³/mol. The lowest BCUT2D eigenvalue weighted by Gasteiger charge is -2.34. The highest BCUT2D eigenvalue weighted by Crippen LogP contribution is 2.28. The highest BCUT2D eigenvalue weighted by atomic mass is 35.5. The summed E-state index contributed by atoms with van der Waals surface area (Å²) in [5.41, 5.74) is 0. The van der Waals surface area contributed by atoms with Crippen molar-refractivity contribution < 1.29 is 13.2 Å². The molecule has 156 valence electrons. The molecule has 0 aromatic heterocycles. The Bertz CT molecular complexity index is 788. The molecule has 1 aromatic carbocycles. The van der Waals surface area contributed by atoms with Gasteiger partial charge in [0.2, 0.25) is 15.9 Å². The fourth-order valence-corrected chi connectivity index (χ4v) is 6.00. The fourth-order valence-electron chi connectivity index (χ4n) is 3.84. The maximum atomic E-state index is 12.9. The lowest BCUT2D eigenvalue weighted by molar-refractivity contribution is -0.123.